The third-order valence-corrected chi connectivity index (χ3v) is 4.75. The van der Waals surface area contributed by atoms with E-state index in [9.17, 15) is 13.6 Å². The molecule has 0 aromatic carbocycles. The van der Waals surface area contributed by atoms with Gasteiger partial charge in [-0.25, -0.2) is 18.7 Å². The van der Waals surface area contributed by atoms with Crippen LogP contribution >= 0.6 is 11.3 Å². The number of hydrogen-bond donors (Lipinski definition) is 2. The normalized spacial score (nSPS) is 9.47. The number of halogens is 2. The molecule has 3 heterocycles. The summed E-state index contributed by atoms with van der Waals surface area (Å²) in [6.07, 6.45) is 5.17. The maximum Gasteiger partial charge on any atom is 0.256 e. The van der Waals surface area contributed by atoms with Crippen LogP contribution in [0.5, 0.6) is 0 Å². The second kappa shape index (κ2) is 15.5. The lowest BCUT2D eigenvalue weighted by Crippen LogP contribution is -2.14. The Kier molecular flexibility index (Phi) is 12.9. The largest absolute Gasteiger partial charge is 0.365 e. The van der Waals surface area contributed by atoms with Crippen LogP contribution in [0, 0.1) is 18.8 Å². The van der Waals surface area contributed by atoms with Crippen LogP contribution in [-0.4, -0.2) is 45.9 Å². The molecule has 0 unspecified atom stereocenters. The molecule has 172 valence electrons. The van der Waals surface area contributed by atoms with Crippen molar-refractivity contribution in [1.29, 1.82) is 0 Å². The number of carbonyl (C=O) groups is 1. The Hall–Kier alpha value is -3.32. The van der Waals surface area contributed by atoms with Crippen molar-refractivity contribution < 1.29 is 13.6 Å². The molecule has 0 aliphatic carbocycles. The summed E-state index contributed by atoms with van der Waals surface area (Å²) in [4.78, 5) is 23.1. The van der Waals surface area contributed by atoms with E-state index in [4.69, 9.17) is 0 Å². The lowest BCUT2D eigenvalue weighted by atomic mass is 10.2. The third kappa shape index (κ3) is 10.1. The smallest absolute Gasteiger partial charge is 0.256 e. The number of pyridine rings is 1. The molecule has 3 rings (SSSR count). The summed E-state index contributed by atoms with van der Waals surface area (Å²) < 4.78 is 25.2. The number of hydrogen-bond acceptors (Lipinski definition) is 6. The molecule has 0 aliphatic heterocycles. The van der Waals surface area contributed by atoms with Gasteiger partial charge in [-0.1, -0.05) is 31.1 Å². The number of anilines is 1. The first-order chi connectivity index (χ1) is 15.5. The number of rotatable bonds is 7. The summed E-state index contributed by atoms with van der Waals surface area (Å²) >= 11 is 1.57. The lowest BCUT2D eigenvalue weighted by Gasteiger charge is -1.98. The molecule has 0 saturated heterocycles. The van der Waals surface area contributed by atoms with Crippen molar-refractivity contribution in [2.75, 3.05) is 18.9 Å². The van der Waals surface area contributed by atoms with E-state index < -0.39 is 6.43 Å². The molecule has 0 saturated carbocycles. The summed E-state index contributed by atoms with van der Waals surface area (Å²) in [6.45, 7) is 6.09. The van der Waals surface area contributed by atoms with Gasteiger partial charge in [0.25, 0.3) is 6.43 Å². The van der Waals surface area contributed by atoms with E-state index in [1.807, 2.05) is 40.0 Å². The second-order valence-electron chi connectivity index (χ2n) is 5.94. The van der Waals surface area contributed by atoms with Gasteiger partial charge in [0.05, 0.1) is 24.3 Å². The molecule has 3 aromatic rings. The minimum absolute atomic E-state index is 0.339. The van der Waals surface area contributed by atoms with E-state index in [0.717, 1.165) is 21.3 Å². The summed E-state index contributed by atoms with van der Waals surface area (Å²) in [5.41, 5.74) is 2.63. The highest BCUT2D eigenvalue weighted by Crippen LogP contribution is 2.20. The number of thiazole rings is 1. The summed E-state index contributed by atoms with van der Waals surface area (Å²) in [7, 11) is 1.86. The quantitative estimate of drug-likeness (QED) is 0.317. The molecule has 2 N–H and O–H groups in total. The number of nitrogens with one attached hydrogen (secondary N) is 2. The number of alkyl halides is 2. The molecule has 0 aliphatic rings. The van der Waals surface area contributed by atoms with Gasteiger partial charge in [-0.3, -0.25) is 9.78 Å². The molecule has 0 spiro atoms. The highest BCUT2D eigenvalue weighted by molar-refractivity contribution is 7.16. The zero-order valence-electron chi connectivity index (χ0n) is 18.6. The molecule has 32 heavy (non-hydrogen) atoms. The first-order valence-electron chi connectivity index (χ1n) is 10.0. The zero-order chi connectivity index (χ0) is 23.8. The van der Waals surface area contributed by atoms with Crippen molar-refractivity contribution >= 4 is 22.9 Å². The number of amides is 1. The topological polar surface area (TPSA) is 84.7 Å². The molecule has 0 radical (unpaired) electrons. The maximum atomic E-state index is 11.9. The van der Waals surface area contributed by atoms with Crippen LogP contribution < -0.4 is 10.6 Å². The summed E-state index contributed by atoms with van der Waals surface area (Å²) in [5.74, 6) is 6.21. The minimum Gasteiger partial charge on any atom is -0.365 e. The van der Waals surface area contributed by atoms with Crippen LogP contribution in [0.3, 0.4) is 0 Å². The van der Waals surface area contributed by atoms with Gasteiger partial charge in [-0.05, 0) is 25.0 Å². The summed E-state index contributed by atoms with van der Waals surface area (Å²) in [6, 6.07) is 3.78. The number of aromatic nitrogens is 4. The first kappa shape index (κ1) is 26.7. The zero-order valence-corrected chi connectivity index (χ0v) is 19.4. The molecular weight excluding hydrogens is 434 g/mol. The molecular formula is C22H28F2N6OS. The SMILES string of the molecule is CC.CNc1nc(C)c(C#Cc2ccncc2)s1.O=CNCCc1cn(CC(F)F)cn1. The third-order valence-electron chi connectivity index (χ3n) is 3.66. The fraction of sp³-hybridized carbons (Fsp3) is 0.364. The van der Waals surface area contributed by atoms with Gasteiger partial charge in [0.15, 0.2) is 5.13 Å². The molecule has 0 fully saturated rings. The number of imidazole rings is 1. The van der Waals surface area contributed by atoms with E-state index >= 15 is 0 Å². The second-order valence-corrected chi connectivity index (χ2v) is 6.94. The molecule has 7 nitrogen and oxygen atoms in total. The van der Waals surface area contributed by atoms with Crippen LogP contribution in [0.25, 0.3) is 0 Å². The van der Waals surface area contributed by atoms with Crippen LogP contribution in [0.15, 0.2) is 37.1 Å². The van der Waals surface area contributed by atoms with Gasteiger partial charge >= 0.3 is 0 Å². The Morgan fingerprint density at radius 2 is 1.97 bits per heavy atom. The minimum atomic E-state index is -2.37. The van der Waals surface area contributed by atoms with Crippen molar-refractivity contribution in [2.45, 2.75) is 40.2 Å². The molecule has 0 atom stereocenters. The predicted octanol–water partition coefficient (Wildman–Crippen LogP) is 3.75. The van der Waals surface area contributed by atoms with Gasteiger partial charge in [-0.2, -0.15) is 0 Å². The highest BCUT2D eigenvalue weighted by Gasteiger charge is 2.05. The van der Waals surface area contributed by atoms with E-state index in [0.29, 0.717) is 25.1 Å². The predicted molar refractivity (Wildman–Crippen MR) is 124 cm³/mol. The number of carbonyl (C=O) groups excluding carboxylic acids is 1. The Morgan fingerprint density at radius 3 is 2.56 bits per heavy atom. The Bertz CT molecular complexity index is 979. The number of aryl methyl sites for hydroxylation is 1. The van der Waals surface area contributed by atoms with Gasteiger partial charge in [0.1, 0.15) is 4.88 Å². The van der Waals surface area contributed by atoms with Crippen LogP contribution in [-0.2, 0) is 17.8 Å². The van der Waals surface area contributed by atoms with Crippen LogP contribution in [0.4, 0.5) is 13.9 Å². The molecule has 0 bridgehead atoms. The van der Waals surface area contributed by atoms with Crippen molar-refractivity contribution in [3.05, 3.63) is 58.9 Å². The highest BCUT2D eigenvalue weighted by atomic mass is 32.1. The fourth-order valence-corrected chi connectivity index (χ4v) is 3.01. The Morgan fingerprint density at radius 1 is 1.25 bits per heavy atom. The molecule has 10 heteroatoms. The average Bonchev–Trinajstić information content (AvgIpc) is 3.40. The van der Waals surface area contributed by atoms with Gasteiger partial charge < -0.3 is 15.2 Å². The summed E-state index contributed by atoms with van der Waals surface area (Å²) in [5, 5.41) is 6.38. The number of nitrogens with zero attached hydrogens (tertiary/aromatic N) is 4. The Balaban J connectivity index is 0.000000300. The first-order valence-corrected chi connectivity index (χ1v) is 10.9. The van der Waals surface area contributed by atoms with Crippen molar-refractivity contribution in [1.82, 2.24) is 24.8 Å². The molecule has 1 amide bonds. The van der Waals surface area contributed by atoms with Crippen molar-refractivity contribution in [2.24, 2.45) is 0 Å². The maximum absolute atomic E-state index is 11.9. The average molecular weight is 463 g/mol. The van der Waals surface area contributed by atoms with Crippen molar-refractivity contribution in [3.63, 3.8) is 0 Å². The Labute approximate surface area is 191 Å². The van der Waals surface area contributed by atoms with E-state index in [2.05, 4.69) is 37.4 Å². The van der Waals surface area contributed by atoms with E-state index in [-0.39, 0.29) is 6.54 Å². The van der Waals surface area contributed by atoms with E-state index in [1.165, 1.54) is 10.9 Å². The van der Waals surface area contributed by atoms with Gasteiger partial charge in [0.2, 0.25) is 6.41 Å². The van der Waals surface area contributed by atoms with Crippen LogP contribution in [0.1, 0.15) is 35.7 Å². The lowest BCUT2D eigenvalue weighted by molar-refractivity contribution is -0.109. The monoisotopic (exact) mass is 462 g/mol. The van der Waals surface area contributed by atoms with Crippen LogP contribution in [0.2, 0.25) is 0 Å². The van der Waals surface area contributed by atoms with E-state index in [1.54, 1.807) is 29.9 Å². The fourth-order valence-electron chi connectivity index (χ4n) is 2.24. The van der Waals surface area contributed by atoms with Crippen molar-refractivity contribution in [3.8, 4) is 11.8 Å². The standard InChI is InChI=1S/C12H11N3S.C8H11F2N3O.C2H6/c1-9-11(16-12(13-2)15-9)4-3-10-5-7-14-8-6-10;9-8(10)4-13-3-7(12-5-13)1-2-11-6-14;1-2/h5-8H,1-2H3,(H,13,15);3,5-6,8H,1-2,4H2,(H,11,14);1-2H3. The molecule has 3 aromatic heterocycles. The van der Waals surface area contributed by atoms with Gasteiger partial charge in [0, 0.05) is 44.2 Å². The van der Waals surface area contributed by atoms with Gasteiger partial charge in [-0.15, -0.1) is 0 Å².